The smallest absolute Gasteiger partial charge is 0.408 e. The molecule has 0 saturated carbocycles. The van der Waals surface area contributed by atoms with Gasteiger partial charge in [0.05, 0.1) is 23.5 Å². The first kappa shape index (κ1) is 9.06. The van der Waals surface area contributed by atoms with Gasteiger partial charge in [-0.3, -0.25) is 4.98 Å². The largest absolute Gasteiger partial charge is 0.417 e. The molecular formula is C10H9NO3S. The Bertz CT molecular complexity index is 567. The van der Waals surface area contributed by atoms with Gasteiger partial charge in [-0.25, -0.2) is 4.79 Å². The van der Waals surface area contributed by atoms with Gasteiger partial charge < -0.3 is 9.15 Å². The molecule has 0 spiro atoms. The number of hydrogen-bond acceptors (Lipinski definition) is 4. The number of rotatable bonds is 1. The molecule has 1 N–H and O–H groups in total. The Morgan fingerprint density at radius 3 is 2.87 bits per heavy atom. The number of nitrogens with one attached hydrogen (secondary N) is 1. The van der Waals surface area contributed by atoms with E-state index < -0.39 is 5.76 Å². The molecule has 2 aromatic rings. The third kappa shape index (κ3) is 1.31. The molecule has 4 nitrogen and oxygen atoms in total. The predicted octanol–water partition coefficient (Wildman–Crippen LogP) is 1.28. The fraction of sp³-hybridized carbons (Fsp3) is 0.300. The first-order valence-electron chi connectivity index (χ1n) is 4.61. The Morgan fingerprint density at radius 2 is 2.20 bits per heavy atom. The van der Waals surface area contributed by atoms with Gasteiger partial charge in [0.25, 0.3) is 0 Å². The van der Waals surface area contributed by atoms with E-state index in [0.29, 0.717) is 24.3 Å². The average molecular weight is 223 g/mol. The molecule has 15 heavy (non-hydrogen) atoms. The van der Waals surface area contributed by atoms with Crippen molar-refractivity contribution in [2.24, 2.45) is 0 Å². The summed E-state index contributed by atoms with van der Waals surface area (Å²) in [4.78, 5) is 13.6. The molecule has 0 bridgehead atoms. The highest BCUT2D eigenvalue weighted by Crippen LogP contribution is 2.36. The van der Waals surface area contributed by atoms with Crippen LogP contribution in [0.2, 0.25) is 0 Å². The minimum absolute atomic E-state index is 0.220. The second-order valence-corrected chi connectivity index (χ2v) is 4.61. The zero-order valence-corrected chi connectivity index (χ0v) is 8.71. The number of thiol groups is 1. The van der Waals surface area contributed by atoms with Crippen LogP contribution >= 0.6 is 12.6 Å². The molecule has 3 rings (SSSR count). The second kappa shape index (κ2) is 2.90. The SMILES string of the molecule is O=c1[nH]c2cc(C3(S)COC3)ccc2o1. The van der Waals surface area contributed by atoms with Crippen molar-refractivity contribution >= 4 is 23.7 Å². The molecule has 1 saturated heterocycles. The van der Waals surface area contributed by atoms with Crippen LogP contribution in [0.3, 0.4) is 0 Å². The van der Waals surface area contributed by atoms with Gasteiger partial charge in [0.1, 0.15) is 0 Å². The molecule has 2 heterocycles. The van der Waals surface area contributed by atoms with Gasteiger partial charge in [-0.2, -0.15) is 12.6 Å². The Hall–Kier alpha value is -1.20. The van der Waals surface area contributed by atoms with Crippen LogP contribution in [0.5, 0.6) is 0 Å². The lowest BCUT2D eigenvalue weighted by Crippen LogP contribution is -2.41. The van der Waals surface area contributed by atoms with Crippen molar-refractivity contribution in [1.82, 2.24) is 4.98 Å². The monoisotopic (exact) mass is 223 g/mol. The van der Waals surface area contributed by atoms with Crippen molar-refractivity contribution in [3.63, 3.8) is 0 Å². The summed E-state index contributed by atoms with van der Waals surface area (Å²) < 4.78 is 9.84. The summed E-state index contributed by atoms with van der Waals surface area (Å²) in [6.45, 7) is 1.20. The molecule has 1 fully saturated rings. The molecule has 0 atom stereocenters. The van der Waals surface area contributed by atoms with E-state index in [1.807, 2.05) is 12.1 Å². The molecule has 0 radical (unpaired) electrons. The van der Waals surface area contributed by atoms with E-state index in [1.165, 1.54) is 0 Å². The van der Waals surface area contributed by atoms with Crippen molar-refractivity contribution in [2.45, 2.75) is 4.75 Å². The summed E-state index contributed by atoms with van der Waals surface area (Å²) in [5.41, 5.74) is 2.32. The standard InChI is InChI=1S/C10H9NO3S/c12-9-11-7-3-6(1-2-8(7)14-9)10(15)4-13-5-10/h1-3,15H,4-5H2,(H,11,12). The van der Waals surface area contributed by atoms with E-state index in [-0.39, 0.29) is 4.75 Å². The molecular weight excluding hydrogens is 214 g/mol. The molecule has 1 aliphatic rings. The van der Waals surface area contributed by atoms with E-state index in [2.05, 4.69) is 17.6 Å². The highest BCUT2D eigenvalue weighted by molar-refractivity contribution is 7.81. The summed E-state index contributed by atoms with van der Waals surface area (Å²) in [5.74, 6) is -0.430. The van der Waals surface area contributed by atoms with Gasteiger partial charge in [0.2, 0.25) is 0 Å². The van der Waals surface area contributed by atoms with E-state index >= 15 is 0 Å². The maximum atomic E-state index is 11.0. The number of aromatic amines is 1. The Morgan fingerprint density at radius 1 is 1.40 bits per heavy atom. The number of fused-ring (bicyclic) bond motifs is 1. The van der Waals surface area contributed by atoms with Crippen molar-refractivity contribution in [1.29, 1.82) is 0 Å². The van der Waals surface area contributed by atoms with E-state index in [4.69, 9.17) is 9.15 Å². The average Bonchev–Trinajstić information content (AvgIpc) is 2.53. The van der Waals surface area contributed by atoms with Crippen LogP contribution in [0.15, 0.2) is 27.4 Å². The Balaban J connectivity index is 2.17. The van der Waals surface area contributed by atoms with Crippen LogP contribution < -0.4 is 5.76 Å². The summed E-state index contributed by atoms with van der Waals surface area (Å²) in [6.07, 6.45) is 0. The van der Waals surface area contributed by atoms with Gasteiger partial charge in [-0.05, 0) is 17.7 Å². The van der Waals surface area contributed by atoms with Crippen LogP contribution in [-0.4, -0.2) is 18.2 Å². The van der Waals surface area contributed by atoms with Crippen molar-refractivity contribution in [3.8, 4) is 0 Å². The molecule has 5 heteroatoms. The van der Waals surface area contributed by atoms with Gasteiger partial charge in [-0.1, -0.05) is 6.07 Å². The van der Waals surface area contributed by atoms with E-state index in [9.17, 15) is 4.79 Å². The number of ether oxygens (including phenoxy) is 1. The quantitative estimate of drug-likeness (QED) is 0.716. The summed E-state index contributed by atoms with van der Waals surface area (Å²) >= 11 is 4.55. The van der Waals surface area contributed by atoms with Crippen LogP contribution in [0.1, 0.15) is 5.56 Å². The van der Waals surface area contributed by atoms with Crippen molar-refractivity contribution in [3.05, 3.63) is 34.3 Å². The molecule has 0 aliphatic carbocycles. The number of hydrogen-bond donors (Lipinski definition) is 2. The third-order valence-corrected chi connectivity index (χ3v) is 3.15. The van der Waals surface area contributed by atoms with E-state index in [1.54, 1.807) is 6.07 Å². The number of oxazole rings is 1. The summed E-state index contributed by atoms with van der Waals surface area (Å²) in [6, 6.07) is 5.57. The third-order valence-electron chi connectivity index (χ3n) is 2.64. The lowest BCUT2D eigenvalue weighted by molar-refractivity contribution is -0.00964. The number of H-pyrrole nitrogens is 1. The highest BCUT2D eigenvalue weighted by Gasteiger charge is 2.36. The minimum Gasteiger partial charge on any atom is -0.408 e. The number of benzene rings is 1. The molecule has 1 aliphatic heterocycles. The molecule has 78 valence electrons. The second-order valence-electron chi connectivity index (χ2n) is 3.75. The van der Waals surface area contributed by atoms with Crippen LogP contribution in [0.25, 0.3) is 11.1 Å². The first-order chi connectivity index (χ1) is 7.17. The molecule has 1 aromatic carbocycles. The van der Waals surface area contributed by atoms with Crippen molar-refractivity contribution < 1.29 is 9.15 Å². The lowest BCUT2D eigenvalue weighted by Gasteiger charge is -2.37. The van der Waals surface area contributed by atoms with Gasteiger partial charge in [0, 0.05) is 0 Å². The van der Waals surface area contributed by atoms with Crippen molar-refractivity contribution in [2.75, 3.05) is 13.2 Å². The fourth-order valence-corrected chi connectivity index (χ4v) is 2.03. The highest BCUT2D eigenvalue weighted by atomic mass is 32.1. The number of aromatic nitrogens is 1. The summed E-state index contributed by atoms with van der Waals surface area (Å²) in [7, 11) is 0. The van der Waals surface area contributed by atoms with E-state index in [0.717, 1.165) is 5.56 Å². The maximum absolute atomic E-state index is 11.0. The zero-order chi connectivity index (χ0) is 10.5. The first-order valence-corrected chi connectivity index (χ1v) is 5.06. The fourth-order valence-electron chi connectivity index (χ4n) is 1.70. The maximum Gasteiger partial charge on any atom is 0.417 e. The van der Waals surface area contributed by atoms with Crippen LogP contribution in [-0.2, 0) is 9.48 Å². The van der Waals surface area contributed by atoms with Gasteiger partial charge in [-0.15, -0.1) is 0 Å². The van der Waals surface area contributed by atoms with Gasteiger partial charge >= 0.3 is 5.76 Å². The topological polar surface area (TPSA) is 55.2 Å². The van der Waals surface area contributed by atoms with Crippen LogP contribution in [0.4, 0.5) is 0 Å². The Labute approximate surface area is 90.6 Å². The molecule has 0 amide bonds. The molecule has 0 unspecified atom stereocenters. The van der Waals surface area contributed by atoms with Gasteiger partial charge in [0.15, 0.2) is 5.58 Å². The normalized spacial score (nSPS) is 19.0. The zero-order valence-electron chi connectivity index (χ0n) is 7.82. The predicted molar refractivity (Wildman–Crippen MR) is 58.3 cm³/mol. The molecule has 1 aromatic heterocycles. The summed E-state index contributed by atoms with van der Waals surface area (Å²) in [5, 5.41) is 0. The lowest BCUT2D eigenvalue weighted by atomic mass is 9.96. The Kier molecular flexibility index (Phi) is 1.75. The van der Waals surface area contributed by atoms with Crippen LogP contribution in [0, 0.1) is 0 Å². The minimum atomic E-state index is -0.430.